The van der Waals surface area contributed by atoms with Gasteiger partial charge < -0.3 is 10.6 Å². The molecule has 0 spiro atoms. The lowest BCUT2D eigenvalue weighted by Gasteiger charge is -2.34. The highest BCUT2D eigenvalue weighted by atomic mass is 79.9. The topological polar surface area (TPSA) is 66.6 Å². The van der Waals surface area contributed by atoms with Crippen molar-refractivity contribution in [3.8, 4) is 0 Å². The van der Waals surface area contributed by atoms with E-state index in [1.165, 1.54) is 0 Å². The van der Waals surface area contributed by atoms with Gasteiger partial charge in [-0.3, -0.25) is 14.5 Å². The fourth-order valence-corrected chi connectivity index (χ4v) is 2.53. The third kappa shape index (κ3) is 3.78. The number of piperazine rings is 1. The number of halogens is 1. The lowest BCUT2D eigenvalue weighted by molar-refractivity contribution is -0.119. The number of nitrogens with two attached hydrogens (primary N) is 1. The largest absolute Gasteiger partial charge is 0.369 e. The molecule has 1 aliphatic heterocycles. The zero-order valence-corrected chi connectivity index (χ0v) is 12.1. The van der Waals surface area contributed by atoms with Crippen molar-refractivity contribution in [2.24, 2.45) is 5.73 Å². The van der Waals surface area contributed by atoms with E-state index in [2.05, 4.69) is 15.9 Å². The van der Waals surface area contributed by atoms with E-state index in [1.54, 1.807) is 4.90 Å². The Morgan fingerprint density at radius 1 is 1.21 bits per heavy atom. The van der Waals surface area contributed by atoms with Crippen LogP contribution in [0.25, 0.3) is 0 Å². The molecule has 0 saturated carbocycles. The molecule has 19 heavy (non-hydrogen) atoms. The second-order valence-electron chi connectivity index (χ2n) is 4.55. The summed E-state index contributed by atoms with van der Waals surface area (Å²) in [5, 5.41) is 0. The quantitative estimate of drug-likeness (QED) is 0.889. The summed E-state index contributed by atoms with van der Waals surface area (Å²) < 4.78 is 0.894. The summed E-state index contributed by atoms with van der Waals surface area (Å²) in [6.45, 7) is 2.88. The Bertz CT molecular complexity index is 485. The van der Waals surface area contributed by atoms with Crippen LogP contribution in [0.5, 0.6) is 0 Å². The van der Waals surface area contributed by atoms with Gasteiger partial charge in [0, 0.05) is 36.2 Å². The second-order valence-corrected chi connectivity index (χ2v) is 5.46. The minimum absolute atomic E-state index is 0.0278. The number of hydrogen-bond acceptors (Lipinski definition) is 3. The first kappa shape index (κ1) is 14.0. The predicted octanol–water partition coefficient (Wildman–Crippen LogP) is 0.692. The highest BCUT2D eigenvalue weighted by Gasteiger charge is 2.22. The van der Waals surface area contributed by atoms with Gasteiger partial charge in [0.15, 0.2) is 0 Å². The summed E-state index contributed by atoms with van der Waals surface area (Å²) in [6.07, 6.45) is 0. The molecule has 1 fully saturated rings. The van der Waals surface area contributed by atoms with Crippen LogP contribution in [-0.2, 0) is 4.79 Å². The van der Waals surface area contributed by atoms with Crippen molar-refractivity contribution in [3.63, 3.8) is 0 Å². The lowest BCUT2D eigenvalue weighted by Crippen LogP contribution is -2.50. The van der Waals surface area contributed by atoms with Crippen molar-refractivity contribution >= 4 is 27.7 Å². The second kappa shape index (κ2) is 6.16. The van der Waals surface area contributed by atoms with E-state index in [4.69, 9.17) is 5.73 Å². The molecule has 1 saturated heterocycles. The fraction of sp³-hybridized carbons (Fsp3) is 0.385. The van der Waals surface area contributed by atoms with Crippen LogP contribution < -0.4 is 5.73 Å². The van der Waals surface area contributed by atoms with Gasteiger partial charge in [-0.15, -0.1) is 0 Å². The number of primary amides is 1. The van der Waals surface area contributed by atoms with Crippen molar-refractivity contribution in [1.29, 1.82) is 0 Å². The Hall–Kier alpha value is -1.40. The Morgan fingerprint density at radius 2 is 1.89 bits per heavy atom. The molecule has 1 heterocycles. The molecule has 0 radical (unpaired) electrons. The molecule has 2 N–H and O–H groups in total. The summed E-state index contributed by atoms with van der Waals surface area (Å²) in [5.74, 6) is -0.299. The van der Waals surface area contributed by atoms with Crippen LogP contribution in [0, 0.1) is 0 Å². The summed E-state index contributed by atoms with van der Waals surface area (Å²) in [5.41, 5.74) is 5.84. The van der Waals surface area contributed by atoms with E-state index in [-0.39, 0.29) is 18.4 Å². The van der Waals surface area contributed by atoms with Crippen LogP contribution in [0.4, 0.5) is 0 Å². The summed E-state index contributed by atoms with van der Waals surface area (Å²) in [7, 11) is 0. The molecule has 1 aliphatic rings. The van der Waals surface area contributed by atoms with Gasteiger partial charge in [0.1, 0.15) is 0 Å². The Kier molecular flexibility index (Phi) is 4.55. The molecule has 2 amide bonds. The number of amides is 2. The first-order valence-corrected chi connectivity index (χ1v) is 6.91. The van der Waals surface area contributed by atoms with E-state index in [0.717, 1.165) is 4.47 Å². The molecule has 102 valence electrons. The number of carbonyl (C=O) groups excluding carboxylic acids is 2. The number of nitrogens with zero attached hydrogens (tertiary/aromatic N) is 2. The standard InChI is InChI=1S/C13H16BrN3O2/c14-11-3-1-2-10(8-11)13(19)17-6-4-16(5-7-17)9-12(15)18/h1-3,8H,4-7,9H2,(H2,15,18). The monoisotopic (exact) mass is 325 g/mol. The van der Waals surface area contributed by atoms with Crippen LogP contribution in [0.3, 0.4) is 0 Å². The summed E-state index contributed by atoms with van der Waals surface area (Å²) >= 11 is 3.36. The highest BCUT2D eigenvalue weighted by Crippen LogP contribution is 2.14. The molecule has 1 aromatic rings. The molecule has 0 bridgehead atoms. The van der Waals surface area contributed by atoms with Gasteiger partial charge in [0.25, 0.3) is 5.91 Å². The van der Waals surface area contributed by atoms with Crippen LogP contribution in [0.15, 0.2) is 28.7 Å². The number of benzene rings is 1. The zero-order chi connectivity index (χ0) is 13.8. The highest BCUT2D eigenvalue weighted by molar-refractivity contribution is 9.10. The van der Waals surface area contributed by atoms with Crippen LogP contribution in [-0.4, -0.2) is 54.3 Å². The summed E-state index contributed by atoms with van der Waals surface area (Å²) in [6, 6.07) is 7.36. The first-order valence-electron chi connectivity index (χ1n) is 6.12. The molecule has 2 rings (SSSR count). The predicted molar refractivity (Wildman–Crippen MR) is 75.7 cm³/mol. The van der Waals surface area contributed by atoms with Crippen molar-refractivity contribution in [2.75, 3.05) is 32.7 Å². The lowest BCUT2D eigenvalue weighted by atomic mass is 10.2. The average molecular weight is 326 g/mol. The zero-order valence-electron chi connectivity index (χ0n) is 10.5. The van der Waals surface area contributed by atoms with Crippen molar-refractivity contribution in [1.82, 2.24) is 9.80 Å². The molecular formula is C13H16BrN3O2. The Labute approximate surface area is 120 Å². The van der Waals surface area contributed by atoms with E-state index < -0.39 is 0 Å². The smallest absolute Gasteiger partial charge is 0.253 e. The van der Waals surface area contributed by atoms with Crippen LogP contribution in [0.2, 0.25) is 0 Å². The van der Waals surface area contributed by atoms with E-state index >= 15 is 0 Å². The molecule has 0 unspecified atom stereocenters. The molecule has 0 aromatic heterocycles. The van der Waals surface area contributed by atoms with Gasteiger partial charge in [0.2, 0.25) is 5.91 Å². The average Bonchev–Trinajstić information content (AvgIpc) is 2.38. The third-order valence-corrected chi connectivity index (χ3v) is 3.60. The Morgan fingerprint density at radius 3 is 2.47 bits per heavy atom. The van der Waals surface area contributed by atoms with Crippen LogP contribution in [0.1, 0.15) is 10.4 Å². The maximum atomic E-state index is 12.3. The van der Waals surface area contributed by atoms with Gasteiger partial charge in [-0.1, -0.05) is 22.0 Å². The van der Waals surface area contributed by atoms with Gasteiger partial charge >= 0.3 is 0 Å². The van der Waals surface area contributed by atoms with Crippen LogP contribution >= 0.6 is 15.9 Å². The Balaban J connectivity index is 1.94. The van der Waals surface area contributed by atoms with Crippen molar-refractivity contribution in [3.05, 3.63) is 34.3 Å². The van der Waals surface area contributed by atoms with Gasteiger partial charge in [0.05, 0.1) is 6.54 Å². The molecule has 0 aliphatic carbocycles. The SMILES string of the molecule is NC(=O)CN1CCN(C(=O)c2cccc(Br)c2)CC1. The van der Waals surface area contributed by atoms with Gasteiger partial charge in [-0.05, 0) is 18.2 Å². The first-order chi connectivity index (χ1) is 9.06. The number of rotatable bonds is 3. The number of carbonyl (C=O) groups is 2. The molecule has 6 heteroatoms. The number of hydrogen-bond donors (Lipinski definition) is 1. The normalized spacial score (nSPS) is 16.4. The molecular weight excluding hydrogens is 310 g/mol. The van der Waals surface area contributed by atoms with E-state index in [1.807, 2.05) is 29.2 Å². The minimum atomic E-state index is -0.327. The van der Waals surface area contributed by atoms with Gasteiger partial charge in [-0.2, -0.15) is 0 Å². The van der Waals surface area contributed by atoms with E-state index in [9.17, 15) is 9.59 Å². The van der Waals surface area contributed by atoms with Gasteiger partial charge in [-0.25, -0.2) is 0 Å². The van der Waals surface area contributed by atoms with Crippen molar-refractivity contribution < 1.29 is 9.59 Å². The summed E-state index contributed by atoms with van der Waals surface area (Å²) in [4.78, 5) is 26.9. The maximum absolute atomic E-state index is 12.3. The third-order valence-electron chi connectivity index (χ3n) is 3.11. The molecule has 1 aromatic carbocycles. The minimum Gasteiger partial charge on any atom is -0.369 e. The maximum Gasteiger partial charge on any atom is 0.253 e. The molecule has 0 atom stereocenters. The van der Waals surface area contributed by atoms with E-state index in [0.29, 0.717) is 31.7 Å². The molecule has 5 nitrogen and oxygen atoms in total. The fourth-order valence-electron chi connectivity index (χ4n) is 2.13. The van der Waals surface area contributed by atoms with Crippen molar-refractivity contribution in [2.45, 2.75) is 0 Å².